The molecule has 0 saturated carbocycles. The second-order valence-corrected chi connectivity index (χ2v) is 5.60. The Kier molecular flexibility index (Phi) is 3.74. The average Bonchev–Trinajstić information content (AvgIpc) is 2.38. The van der Waals surface area contributed by atoms with E-state index in [9.17, 15) is 4.79 Å². The normalized spacial score (nSPS) is 11.2. The highest BCUT2D eigenvalue weighted by molar-refractivity contribution is 5.95. The fourth-order valence-electron chi connectivity index (χ4n) is 1.79. The van der Waals surface area contributed by atoms with Crippen LogP contribution >= 0.6 is 0 Å². The average molecular weight is 270 g/mol. The van der Waals surface area contributed by atoms with Crippen LogP contribution in [0.15, 0.2) is 42.6 Å². The maximum Gasteiger partial charge on any atom is 0.254 e. The Morgan fingerprint density at radius 1 is 1.15 bits per heavy atom. The van der Waals surface area contributed by atoms with Gasteiger partial charge >= 0.3 is 0 Å². The van der Waals surface area contributed by atoms with Gasteiger partial charge in [-0.1, -0.05) is 32.9 Å². The fourth-order valence-corrected chi connectivity index (χ4v) is 1.79. The molecule has 0 saturated heterocycles. The molecular formula is C16H18N2O2. The minimum absolute atomic E-state index is 0.0852. The molecule has 2 rings (SSSR count). The van der Waals surface area contributed by atoms with Crippen LogP contribution in [0.3, 0.4) is 0 Å². The number of primary amides is 1. The van der Waals surface area contributed by atoms with Crippen LogP contribution in [0.4, 0.5) is 0 Å². The van der Waals surface area contributed by atoms with Crippen molar-refractivity contribution in [1.82, 2.24) is 4.98 Å². The van der Waals surface area contributed by atoms with E-state index in [0.717, 1.165) is 0 Å². The summed E-state index contributed by atoms with van der Waals surface area (Å²) in [6.07, 6.45) is 1.56. The summed E-state index contributed by atoms with van der Waals surface area (Å²) in [4.78, 5) is 15.3. The molecule has 0 fully saturated rings. The highest BCUT2D eigenvalue weighted by Gasteiger charge is 2.14. The number of nitrogens with zero attached hydrogens (tertiary/aromatic N) is 1. The summed E-state index contributed by atoms with van der Waals surface area (Å²) < 4.78 is 5.63. The Labute approximate surface area is 118 Å². The number of pyridine rings is 1. The summed E-state index contributed by atoms with van der Waals surface area (Å²) in [6.45, 7) is 6.44. The second kappa shape index (κ2) is 5.33. The molecule has 1 amide bonds. The Balaban J connectivity index is 2.25. The number of hydrogen-bond acceptors (Lipinski definition) is 3. The van der Waals surface area contributed by atoms with E-state index in [2.05, 4.69) is 25.8 Å². The Hall–Kier alpha value is -2.36. The summed E-state index contributed by atoms with van der Waals surface area (Å²) in [5.74, 6) is 0.294. The predicted octanol–water partition coefficient (Wildman–Crippen LogP) is 3.27. The maximum atomic E-state index is 11.3. The number of amides is 1. The minimum Gasteiger partial charge on any atom is -0.438 e. The van der Waals surface area contributed by atoms with E-state index in [-0.39, 0.29) is 16.9 Å². The van der Waals surface area contributed by atoms with Crippen LogP contribution in [0.1, 0.15) is 36.7 Å². The Bertz CT molecular complexity index is 613. The molecule has 104 valence electrons. The van der Waals surface area contributed by atoms with Gasteiger partial charge in [-0.3, -0.25) is 4.79 Å². The van der Waals surface area contributed by atoms with Gasteiger partial charge in [0.15, 0.2) is 0 Å². The number of carbonyl (C=O) groups is 1. The zero-order valence-electron chi connectivity index (χ0n) is 11.9. The summed E-state index contributed by atoms with van der Waals surface area (Å²) >= 11 is 0. The molecule has 0 aliphatic rings. The molecule has 0 radical (unpaired) electrons. The van der Waals surface area contributed by atoms with Crippen molar-refractivity contribution < 1.29 is 9.53 Å². The first-order valence-corrected chi connectivity index (χ1v) is 6.41. The smallest absolute Gasteiger partial charge is 0.254 e. The summed E-state index contributed by atoms with van der Waals surface area (Å²) in [6, 6.07) is 11.0. The molecular weight excluding hydrogens is 252 g/mol. The van der Waals surface area contributed by atoms with Crippen LogP contribution in [0.5, 0.6) is 11.6 Å². The van der Waals surface area contributed by atoms with Crippen molar-refractivity contribution >= 4 is 5.91 Å². The molecule has 4 heteroatoms. The van der Waals surface area contributed by atoms with E-state index in [0.29, 0.717) is 5.75 Å². The summed E-state index contributed by atoms with van der Waals surface area (Å²) in [5.41, 5.74) is 6.86. The van der Waals surface area contributed by atoms with E-state index in [4.69, 9.17) is 10.5 Å². The van der Waals surface area contributed by atoms with Gasteiger partial charge in [0.1, 0.15) is 11.3 Å². The van der Waals surface area contributed by atoms with Gasteiger partial charge in [-0.15, -0.1) is 0 Å². The van der Waals surface area contributed by atoms with E-state index in [1.165, 1.54) is 5.56 Å². The van der Waals surface area contributed by atoms with Crippen molar-refractivity contribution in [3.05, 3.63) is 53.7 Å². The molecule has 0 aliphatic carbocycles. The molecule has 0 atom stereocenters. The highest BCUT2D eigenvalue weighted by Crippen LogP contribution is 2.27. The molecule has 0 unspecified atom stereocenters. The summed E-state index contributed by atoms with van der Waals surface area (Å²) in [5, 5.41) is 0. The number of hydrogen-bond donors (Lipinski definition) is 1. The second-order valence-electron chi connectivity index (χ2n) is 5.60. The first-order chi connectivity index (χ1) is 9.38. The van der Waals surface area contributed by atoms with Gasteiger partial charge in [-0.05, 0) is 35.2 Å². The van der Waals surface area contributed by atoms with Crippen molar-refractivity contribution in [2.45, 2.75) is 26.2 Å². The number of nitrogens with two attached hydrogens (primary N) is 1. The SMILES string of the molecule is CC(C)(C)c1ccc(Oc2ncccc2C(N)=O)cc1. The van der Waals surface area contributed by atoms with Crippen molar-refractivity contribution in [3.63, 3.8) is 0 Å². The van der Waals surface area contributed by atoms with Gasteiger partial charge in [-0.2, -0.15) is 0 Å². The lowest BCUT2D eigenvalue weighted by Gasteiger charge is -2.19. The van der Waals surface area contributed by atoms with Gasteiger partial charge < -0.3 is 10.5 Å². The van der Waals surface area contributed by atoms with E-state index in [1.807, 2.05) is 24.3 Å². The predicted molar refractivity (Wildman–Crippen MR) is 78.0 cm³/mol. The van der Waals surface area contributed by atoms with Crippen molar-refractivity contribution in [2.75, 3.05) is 0 Å². The van der Waals surface area contributed by atoms with Crippen molar-refractivity contribution in [2.24, 2.45) is 5.73 Å². The molecule has 0 bridgehead atoms. The van der Waals surface area contributed by atoms with Gasteiger partial charge in [0.25, 0.3) is 5.91 Å². The van der Waals surface area contributed by atoms with Crippen LogP contribution in [-0.4, -0.2) is 10.9 Å². The third kappa shape index (κ3) is 3.15. The third-order valence-corrected chi connectivity index (χ3v) is 2.97. The topological polar surface area (TPSA) is 65.2 Å². The van der Waals surface area contributed by atoms with Gasteiger partial charge in [0, 0.05) is 6.20 Å². The number of benzene rings is 1. The number of rotatable bonds is 3. The minimum atomic E-state index is -0.556. The molecule has 1 heterocycles. The zero-order valence-corrected chi connectivity index (χ0v) is 11.9. The fraction of sp³-hybridized carbons (Fsp3) is 0.250. The quantitative estimate of drug-likeness (QED) is 0.930. The molecule has 0 spiro atoms. The van der Waals surface area contributed by atoms with E-state index >= 15 is 0 Å². The Morgan fingerprint density at radius 3 is 2.35 bits per heavy atom. The van der Waals surface area contributed by atoms with Gasteiger partial charge in [-0.25, -0.2) is 4.98 Å². The lowest BCUT2D eigenvalue weighted by molar-refractivity contribution is 0.0997. The molecule has 20 heavy (non-hydrogen) atoms. The Morgan fingerprint density at radius 2 is 1.80 bits per heavy atom. The standard InChI is InChI=1S/C16H18N2O2/c1-16(2,3)11-6-8-12(9-7-11)20-15-13(14(17)19)5-4-10-18-15/h4-10H,1-3H3,(H2,17,19). The molecule has 0 aliphatic heterocycles. The first-order valence-electron chi connectivity index (χ1n) is 6.41. The van der Waals surface area contributed by atoms with Crippen molar-refractivity contribution in [1.29, 1.82) is 0 Å². The molecule has 1 aromatic carbocycles. The van der Waals surface area contributed by atoms with Crippen LogP contribution in [0.25, 0.3) is 0 Å². The number of carbonyl (C=O) groups excluding carboxylic acids is 1. The first kappa shape index (κ1) is 14.1. The zero-order chi connectivity index (χ0) is 14.8. The largest absolute Gasteiger partial charge is 0.438 e. The number of ether oxygens (including phenoxy) is 1. The molecule has 1 aromatic heterocycles. The lowest BCUT2D eigenvalue weighted by Crippen LogP contribution is -2.13. The van der Waals surface area contributed by atoms with Crippen LogP contribution in [-0.2, 0) is 5.41 Å². The third-order valence-electron chi connectivity index (χ3n) is 2.97. The molecule has 2 aromatic rings. The van der Waals surface area contributed by atoms with Crippen molar-refractivity contribution in [3.8, 4) is 11.6 Å². The highest BCUT2D eigenvalue weighted by atomic mass is 16.5. The monoisotopic (exact) mass is 270 g/mol. The van der Waals surface area contributed by atoms with E-state index in [1.54, 1.807) is 18.3 Å². The molecule has 2 N–H and O–H groups in total. The van der Waals surface area contributed by atoms with Crippen LogP contribution in [0, 0.1) is 0 Å². The molecule has 4 nitrogen and oxygen atoms in total. The lowest BCUT2D eigenvalue weighted by atomic mass is 9.87. The maximum absolute atomic E-state index is 11.3. The van der Waals surface area contributed by atoms with Crippen LogP contribution in [0.2, 0.25) is 0 Å². The van der Waals surface area contributed by atoms with Gasteiger partial charge in [0.05, 0.1) is 0 Å². The number of aromatic nitrogens is 1. The van der Waals surface area contributed by atoms with Crippen LogP contribution < -0.4 is 10.5 Å². The van der Waals surface area contributed by atoms with Gasteiger partial charge in [0.2, 0.25) is 5.88 Å². The summed E-state index contributed by atoms with van der Waals surface area (Å²) in [7, 11) is 0. The van der Waals surface area contributed by atoms with E-state index < -0.39 is 5.91 Å².